The second kappa shape index (κ2) is 8.96. The number of nitro groups is 1. The summed E-state index contributed by atoms with van der Waals surface area (Å²) in [6.45, 7) is 3.50. The van der Waals surface area contributed by atoms with Crippen LogP contribution in [0.15, 0.2) is 18.2 Å². The zero-order chi connectivity index (χ0) is 16.5. The lowest BCUT2D eigenvalue weighted by Gasteiger charge is -2.08. The third kappa shape index (κ3) is 5.30. The van der Waals surface area contributed by atoms with Crippen molar-refractivity contribution in [2.75, 3.05) is 26.2 Å². The number of hydrogen-bond donors (Lipinski definition) is 3. The van der Waals surface area contributed by atoms with Crippen LogP contribution in [0, 0.1) is 10.1 Å². The molecule has 22 heavy (non-hydrogen) atoms. The van der Waals surface area contributed by atoms with Crippen molar-refractivity contribution in [1.82, 2.24) is 16.0 Å². The average molecular weight is 329 g/mol. The zero-order valence-electron chi connectivity index (χ0n) is 12.0. The molecule has 0 bridgehead atoms. The normalized spacial score (nSPS) is 10.1. The van der Waals surface area contributed by atoms with Crippen LogP contribution in [0.3, 0.4) is 0 Å². The van der Waals surface area contributed by atoms with E-state index in [4.69, 9.17) is 11.6 Å². The molecule has 0 saturated heterocycles. The van der Waals surface area contributed by atoms with Crippen molar-refractivity contribution in [2.45, 2.75) is 6.92 Å². The molecule has 0 saturated carbocycles. The first-order valence-electron chi connectivity index (χ1n) is 6.65. The summed E-state index contributed by atoms with van der Waals surface area (Å²) < 4.78 is 0. The van der Waals surface area contributed by atoms with E-state index in [1.54, 1.807) is 0 Å². The third-order valence-corrected chi connectivity index (χ3v) is 3.01. The molecule has 3 N–H and O–H groups in total. The summed E-state index contributed by atoms with van der Waals surface area (Å²) in [4.78, 5) is 33.7. The van der Waals surface area contributed by atoms with E-state index in [9.17, 15) is 19.7 Å². The topological polar surface area (TPSA) is 113 Å². The van der Waals surface area contributed by atoms with Crippen molar-refractivity contribution >= 4 is 29.1 Å². The van der Waals surface area contributed by atoms with E-state index in [1.807, 2.05) is 6.92 Å². The first-order chi connectivity index (χ1) is 10.5. The highest BCUT2D eigenvalue weighted by molar-refractivity contribution is 6.34. The molecular formula is C13H17ClN4O4. The molecule has 2 amide bonds. The van der Waals surface area contributed by atoms with Gasteiger partial charge in [-0.15, -0.1) is 0 Å². The second-order valence-electron chi connectivity index (χ2n) is 4.28. The number of carbonyl (C=O) groups excluding carboxylic acids is 2. The van der Waals surface area contributed by atoms with Gasteiger partial charge in [0.25, 0.3) is 11.6 Å². The molecule has 0 fully saturated rings. The monoisotopic (exact) mass is 328 g/mol. The van der Waals surface area contributed by atoms with E-state index >= 15 is 0 Å². The van der Waals surface area contributed by atoms with Crippen molar-refractivity contribution < 1.29 is 14.5 Å². The Morgan fingerprint density at radius 3 is 2.64 bits per heavy atom. The Morgan fingerprint density at radius 2 is 2.00 bits per heavy atom. The summed E-state index contributed by atoms with van der Waals surface area (Å²) in [5.41, 5.74) is -0.660. The Kier molecular flexibility index (Phi) is 7.27. The first-order valence-corrected chi connectivity index (χ1v) is 7.03. The lowest BCUT2D eigenvalue weighted by atomic mass is 10.1. The smallest absolute Gasteiger partial charge is 0.283 e. The molecule has 0 radical (unpaired) electrons. The fourth-order valence-corrected chi connectivity index (χ4v) is 1.92. The van der Waals surface area contributed by atoms with Crippen LogP contribution in [0.4, 0.5) is 5.69 Å². The predicted molar refractivity (Wildman–Crippen MR) is 82.0 cm³/mol. The van der Waals surface area contributed by atoms with Crippen LogP contribution in [0.2, 0.25) is 5.02 Å². The van der Waals surface area contributed by atoms with Crippen molar-refractivity contribution in [3.05, 3.63) is 38.9 Å². The molecule has 0 aliphatic rings. The van der Waals surface area contributed by atoms with Crippen LogP contribution in [0.25, 0.3) is 0 Å². The van der Waals surface area contributed by atoms with E-state index in [0.29, 0.717) is 13.1 Å². The molecular weight excluding hydrogens is 312 g/mol. The van der Waals surface area contributed by atoms with Crippen LogP contribution < -0.4 is 16.0 Å². The molecule has 0 unspecified atom stereocenters. The quantitative estimate of drug-likeness (QED) is 0.369. The zero-order valence-corrected chi connectivity index (χ0v) is 12.8. The number of amides is 2. The maximum atomic E-state index is 12.0. The maximum absolute atomic E-state index is 12.0. The summed E-state index contributed by atoms with van der Waals surface area (Å²) >= 11 is 5.83. The molecule has 1 aromatic carbocycles. The predicted octanol–water partition coefficient (Wildman–Crippen LogP) is 0.704. The van der Waals surface area contributed by atoms with Gasteiger partial charge in [0.05, 0.1) is 16.5 Å². The molecule has 9 heteroatoms. The number of carbonyl (C=O) groups is 2. The number of nitrogens with zero attached hydrogens (tertiary/aromatic N) is 1. The Hall–Kier alpha value is -2.19. The van der Waals surface area contributed by atoms with Crippen molar-refractivity contribution in [1.29, 1.82) is 0 Å². The highest BCUT2D eigenvalue weighted by Gasteiger charge is 2.23. The van der Waals surface area contributed by atoms with Gasteiger partial charge in [-0.3, -0.25) is 19.7 Å². The van der Waals surface area contributed by atoms with Gasteiger partial charge in [0, 0.05) is 19.2 Å². The fraction of sp³-hybridized carbons (Fsp3) is 0.385. The Labute approximate surface area is 132 Å². The van der Waals surface area contributed by atoms with Crippen LogP contribution in [-0.4, -0.2) is 42.9 Å². The van der Waals surface area contributed by atoms with Crippen LogP contribution in [-0.2, 0) is 4.79 Å². The van der Waals surface area contributed by atoms with Gasteiger partial charge in [-0.05, 0) is 12.6 Å². The van der Waals surface area contributed by atoms with Crippen LogP contribution >= 0.6 is 11.6 Å². The van der Waals surface area contributed by atoms with E-state index < -0.39 is 16.5 Å². The third-order valence-electron chi connectivity index (χ3n) is 2.70. The standard InChI is InChI=1S/C13H17ClN4O4/c1-2-15-6-7-16-11(19)8-17-13(20)12-9(14)4-3-5-10(12)18(21)22/h3-5,15H,2,6-8H2,1H3,(H,16,19)(H,17,20). The molecule has 0 aliphatic carbocycles. The van der Waals surface area contributed by atoms with Crippen molar-refractivity contribution in [2.24, 2.45) is 0 Å². The van der Waals surface area contributed by atoms with Crippen molar-refractivity contribution in [3.8, 4) is 0 Å². The Balaban J connectivity index is 2.59. The van der Waals surface area contributed by atoms with Gasteiger partial charge < -0.3 is 16.0 Å². The van der Waals surface area contributed by atoms with Crippen LogP contribution in [0.1, 0.15) is 17.3 Å². The summed E-state index contributed by atoms with van der Waals surface area (Å²) in [6, 6.07) is 3.93. The lowest BCUT2D eigenvalue weighted by Crippen LogP contribution is -2.39. The van der Waals surface area contributed by atoms with Gasteiger partial charge in [-0.25, -0.2) is 0 Å². The molecule has 120 valence electrons. The molecule has 0 atom stereocenters. The number of benzene rings is 1. The molecule has 1 aromatic rings. The Morgan fingerprint density at radius 1 is 1.27 bits per heavy atom. The highest BCUT2D eigenvalue weighted by atomic mass is 35.5. The van der Waals surface area contributed by atoms with E-state index in [1.165, 1.54) is 18.2 Å². The number of rotatable bonds is 8. The number of hydrogen-bond acceptors (Lipinski definition) is 5. The van der Waals surface area contributed by atoms with Gasteiger partial charge >= 0.3 is 0 Å². The van der Waals surface area contributed by atoms with Gasteiger partial charge in [-0.1, -0.05) is 24.6 Å². The SMILES string of the molecule is CCNCCNC(=O)CNC(=O)c1c(Cl)cccc1[N+](=O)[O-]. The molecule has 1 rings (SSSR count). The second-order valence-corrected chi connectivity index (χ2v) is 4.68. The fourth-order valence-electron chi connectivity index (χ4n) is 1.67. The van der Waals surface area contributed by atoms with E-state index in [-0.39, 0.29) is 23.0 Å². The number of likely N-dealkylation sites (N-methyl/N-ethyl adjacent to an activating group) is 1. The average Bonchev–Trinajstić information content (AvgIpc) is 2.48. The van der Waals surface area contributed by atoms with Gasteiger partial charge in [0.1, 0.15) is 5.56 Å². The minimum absolute atomic E-state index is 0.0424. The summed E-state index contributed by atoms with van der Waals surface area (Å²) in [6.07, 6.45) is 0. The van der Waals surface area contributed by atoms with Crippen molar-refractivity contribution in [3.63, 3.8) is 0 Å². The first kappa shape index (κ1) is 17.9. The summed E-state index contributed by atoms with van der Waals surface area (Å²) in [5.74, 6) is -1.15. The molecule has 8 nitrogen and oxygen atoms in total. The minimum Gasteiger partial charge on any atom is -0.353 e. The number of nitrogens with one attached hydrogen (secondary N) is 3. The maximum Gasteiger partial charge on any atom is 0.283 e. The van der Waals surface area contributed by atoms with Gasteiger partial charge in [-0.2, -0.15) is 0 Å². The molecule has 0 aliphatic heterocycles. The van der Waals surface area contributed by atoms with Gasteiger partial charge in [0.15, 0.2) is 0 Å². The molecule has 0 heterocycles. The molecule has 0 aromatic heterocycles. The van der Waals surface area contributed by atoms with Crippen LogP contribution in [0.5, 0.6) is 0 Å². The number of nitro benzene ring substituents is 1. The summed E-state index contributed by atoms with van der Waals surface area (Å²) in [5, 5.41) is 18.8. The van der Waals surface area contributed by atoms with Gasteiger partial charge in [0.2, 0.25) is 5.91 Å². The Bertz CT molecular complexity index is 565. The highest BCUT2D eigenvalue weighted by Crippen LogP contribution is 2.25. The summed E-state index contributed by atoms with van der Waals surface area (Å²) in [7, 11) is 0. The molecule has 0 spiro atoms. The van der Waals surface area contributed by atoms with E-state index in [2.05, 4.69) is 16.0 Å². The van der Waals surface area contributed by atoms with E-state index in [0.717, 1.165) is 6.54 Å². The minimum atomic E-state index is -0.765. The number of halogens is 1. The largest absolute Gasteiger partial charge is 0.353 e. The lowest BCUT2D eigenvalue weighted by molar-refractivity contribution is -0.385.